The van der Waals surface area contributed by atoms with Crippen LogP contribution in [0.2, 0.25) is 0 Å². The van der Waals surface area contributed by atoms with Crippen LogP contribution in [0.3, 0.4) is 0 Å². The zero-order valence-electron chi connectivity index (χ0n) is 17.8. The molecule has 2 amide bonds. The second-order valence-electron chi connectivity index (χ2n) is 7.65. The van der Waals surface area contributed by atoms with Crippen LogP contribution in [-0.4, -0.2) is 60.8 Å². The van der Waals surface area contributed by atoms with E-state index in [2.05, 4.69) is 25.8 Å². The van der Waals surface area contributed by atoms with Gasteiger partial charge in [0.25, 0.3) is 0 Å². The molecule has 12 heteroatoms. The number of imidazole rings is 1. The van der Waals surface area contributed by atoms with Gasteiger partial charge < -0.3 is 14.5 Å². The zero-order valence-corrected chi connectivity index (χ0v) is 17.8. The number of ether oxygens (including phenoxy) is 1. The molecule has 1 fully saturated rings. The molecule has 1 atom stereocenters. The van der Waals surface area contributed by atoms with Crippen LogP contribution in [0.1, 0.15) is 14.4 Å². The van der Waals surface area contributed by atoms with Gasteiger partial charge in [-0.3, -0.25) is 9.69 Å². The monoisotopic (exact) mass is 466 g/mol. The molecule has 0 bridgehead atoms. The number of anilines is 1. The molecular weight excluding hydrogens is 443 g/mol. The second kappa shape index (κ2) is 8.89. The summed E-state index contributed by atoms with van der Waals surface area (Å²) in [5, 5.41) is 14.0. The Morgan fingerprint density at radius 3 is 2.82 bits per heavy atom. The first-order valence-corrected chi connectivity index (χ1v) is 10.1. The molecule has 0 spiro atoms. The molecule has 0 aliphatic carbocycles. The summed E-state index contributed by atoms with van der Waals surface area (Å²) in [6.45, 7) is 1.81. The van der Waals surface area contributed by atoms with Crippen molar-refractivity contribution in [3.8, 4) is 22.6 Å². The number of nitrogens with one attached hydrogen (secondary N) is 1. The minimum Gasteiger partial charge on any atom is -0.442 e. The summed E-state index contributed by atoms with van der Waals surface area (Å²) in [4.78, 5) is 29.2. The summed E-state index contributed by atoms with van der Waals surface area (Å²) in [5.41, 5.74) is 2.58. The van der Waals surface area contributed by atoms with Gasteiger partial charge in [-0.2, -0.15) is 0 Å². The highest BCUT2D eigenvalue weighted by Gasteiger charge is 2.32. The maximum absolute atomic E-state index is 15.1. The largest absolute Gasteiger partial charge is 0.442 e. The number of halogens is 1. The van der Waals surface area contributed by atoms with E-state index in [0.717, 1.165) is 0 Å². The lowest BCUT2D eigenvalue weighted by Gasteiger charge is -2.14. The number of aromatic nitrogens is 6. The predicted molar refractivity (Wildman–Crippen MR) is 121 cm³/mol. The maximum Gasteiger partial charge on any atom is 0.414 e. The van der Waals surface area contributed by atoms with Gasteiger partial charge in [0.2, 0.25) is 11.7 Å². The van der Waals surface area contributed by atoms with Crippen molar-refractivity contribution >= 4 is 23.3 Å². The van der Waals surface area contributed by atoms with Crippen molar-refractivity contribution in [3.05, 3.63) is 48.5 Å². The number of aryl methyl sites for hydroxylation is 1. The Morgan fingerprint density at radius 2 is 2.12 bits per heavy atom. The number of tetrazole rings is 1. The maximum atomic E-state index is 15.1. The fourth-order valence-corrected chi connectivity index (χ4v) is 3.71. The summed E-state index contributed by atoms with van der Waals surface area (Å²) in [6.07, 6.45) is 2.50. The number of benzene rings is 1. The lowest BCUT2D eigenvalue weighted by atomic mass is 10.1. The molecule has 4 heterocycles. The van der Waals surface area contributed by atoms with Gasteiger partial charge in [-0.15, -0.1) is 5.10 Å². The van der Waals surface area contributed by atoms with Crippen LogP contribution in [0.25, 0.3) is 28.3 Å². The Hall–Kier alpha value is -4.35. The number of pyridine rings is 1. The Labute approximate surface area is 194 Å². The van der Waals surface area contributed by atoms with E-state index in [9.17, 15) is 9.59 Å². The first-order valence-electron chi connectivity index (χ1n) is 10.1. The summed E-state index contributed by atoms with van der Waals surface area (Å²) in [7, 11) is 1.72. The number of hydrogen-bond donors (Lipinski definition) is 1. The zero-order chi connectivity index (χ0) is 23.1. The van der Waals surface area contributed by atoms with Gasteiger partial charge in [0.15, 0.2) is 0 Å². The Balaban J connectivity index is 0.00000274. The molecule has 34 heavy (non-hydrogen) atoms. The van der Waals surface area contributed by atoms with Gasteiger partial charge in [-0.05, 0) is 46.3 Å². The number of nitrogens with zero attached hydrogens (tertiary/aromatic N) is 7. The smallest absolute Gasteiger partial charge is 0.414 e. The number of rotatable bonds is 5. The van der Waals surface area contributed by atoms with Crippen LogP contribution >= 0.6 is 0 Å². The van der Waals surface area contributed by atoms with Crippen LogP contribution in [0.15, 0.2) is 42.7 Å². The normalized spacial score (nSPS) is 15.3. The van der Waals surface area contributed by atoms with Crippen molar-refractivity contribution in [2.45, 2.75) is 20.5 Å². The van der Waals surface area contributed by atoms with E-state index in [1.54, 1.807) is 48.1 Å². The van der Waals surface area contributed by atoms with Gasteiger partial charge in [-0.25, -0.2) is 18.9 Å². The van der Waals surface area contributed by atoms with Crippen molar-refractivity contribution in [2.75, 3.05) is 18.0 Å². The molecule has 5 rings (SSSR count). The van der Waals surface area contributed by atoms with E-state index in [-0.39, 0.29) is 26.4 Å². The summed E-state index contributed by atoms with van der Waals surface area (Å²) >= 11 is 0. The summed E-state index contributed by atoms with van der Waals surface area (Å²) in [6, 6.07) is 8.11. The van der Waals surface area contributed by atoms with Gasteiger partial charge >= 0.3 is 6.09 Å². The molecule has 11 nitrogen and oxygen atoms in total. The molecule has 176 valence electrons. The first kappa shape index (κ1) is 22.8. The number of hydrogen-bond acceptors (Lipinski definition) is 7. The average Bonchev–Trinajstić information content (AvgIpc) is 3.49. The van der Waals surface area contributed by atoms with E-state index in [1.165, 1.54) is 22.6 Å². The lowest BCUT2D eigenvalue weighted by Crippen LogP contribution is -2.33. The van der Waals surface area contributed by atoms with Crippen molar-refractivity contribution in [2.24, 2.45) is 7.05 Å². The molecule has 1 aromatic carbocycles. The number of amides is 2. The molecule has 0 radical (unpaired) electrons. The third-order valence-corrected chi connectivity index (χ3v) is 5.34. The van der Waals surface area contributed by atoms with Crippen molar-refractivity contribution < 1.29 is 18.7 Å². The highest BCUT2D eigenvalue weighted by atomic mass is 19.1. The highest BCUT2D eigenvalue weighted by Crippen LogP contribution is 2.30. The van der Waals surface area contributed by atoms with Crippen LogP contribution in [-0.2, 0) is 16.6 Å². The van der Waals surface area contributed by atoms with Crippen LogP contribution < -0.4 is 10.2 Å². The summed E-state index contributed by atoms with van der Waals surface area (Å²) < 4.78 is 23.6. The van der Waals surface area contributed by atoms with E-state index in [0.29, 0.717) is 34.0 Å². The minimum atomic E-state index is -0.581. The van der Waals surface area contributed by atoms with Gasteiger partial charge in [0.05, 0.1) is 18.8 Å². The van der Waals surface area contributed by atoms with Crippen molar-refractivity contribution in [1.82, 2.24) is 34.9 Å². The topological polar surface area (TPSA) is 120 Å². The Bertz CT molecular complexity index is 1380. The number of carbonyl (C=O) groups is 2. The Kier molecular flexibility index (Phi) is 5.97. The quantitative estimate of drug-likeness (QED) is 0.480. The SMILES string of the molecule is C.CC(=O)NC[C@H]1CN(c2ccc(-c3ccn4cc(-c5nnnn5C)nc4c3)c(F)c2)C(=O)O1. The lowest BCUT2D eigenvalue weighted by molar-refractivity contribution is -0.119. The van der Waals surface area contributed by atoms with Crippen molar-refractivity contribution in [3.63, 3.8) is 0 Å². The Morgan fingerprint density at radius 1 is 1.29 bits per heavy atom. The molecule has 0 unspecified atom stereocenters. The fraction of sp³-hybridized carbons (Fsp3) is 0.273. The summed E-state index contributed by atoms with van der Waals surface area (Å²) in [5.74, 6) is -0.181. The van der Waals surface area contributed by atoms with Gasteiger partial charge in [0.1, 0.15) is 23.3 Å². The molecule has 1 aliphatic rings. The van der Waals surface area contributed by atoms with Gasteiger partial charge in [0, 0.05) is 31.9 Å². The molecule has 4 aromatic rings. The van der Waals surface area contributed by atoms with E-state index in [1.807, 2.05) is 0 Å². The standard InChI is InChI=1S/C21H19FN8O3.CH4/c1-12(31)23-9-15-10-30(21(32)33-15)14-3-4-16(17(22)8-14)13-5-6-29-11-18(24-19(29)7-13)20-25-26-27-28(20)2;/h3-8,11,15H,9-10H2,1-2H3,(H,23,31);1H4/t15-;/m0./s1. The molecule has 0 saturated carbocycles. The molecule has 1 N–H and O–H groups in total. The first-order chi connectivity index (χ1) is 15.9. The third-order valence-electron chi connectivity index (χ3n) is 5.34. The fourth-order valence-electron chi connectivity index (χ4n) is 3.71. The molecular formula is C22H23FN8O3. The van der Waals surface area contributed by atoms with Gasteiger partial charge in [-0.1, -0.05) is 7.43 Å². The molecule has 1 aliphatic heterocycles. The van der Waals surface area contributed by atoms with E-state index >= 15 is 4.39 Å². The molecule has 1 saturated heterocycles. The number of carbonyl (C=O) groups excluding carboxylic acids is 2. The van der Waals surface area contributed by atoms with Crippen molar-refractivity contribution in [1.29, 1.82) is 0 Å². The number of fused-ring (bicyclic) bond motifs is 1. The van der Waals surface area contributed by atoms with Crippen LogP contribution in [0.5, 0.6) is 0 Å². The predicted octanol–water partition coefficient (Wildman–Crippen LogP) is 2.43. The third kappa shape index (κ3) is 4.17. The van der Waals surface area contributed by atoms with Crippen LogP contribution in [0.4, 0.5) is 14.9 Å². The average molecular weight is 466 g/mol. The minimum absolute atomic E-state index is 0. The van der Waals surface area contributed by atoms with E-state index in [4.69, 9.17) is 4.74 Å². The second-order valence-corrected chi connectivity index (χ2v) is 7.65. The van der Waals surface area contributed by atoms with E-state index < -0.39 is 18.0 Å². The highest BCUT2D eigenvalue weighted by molar-refractivity contribution is 5.90. The van der Waals surface area contributed by atoms with Crippen LogP contribution in [0, 0.1) is 5.82 Å². The molecule has 3 aromatic heterocycles. The number of cyclic esters (lactones) is 1.